The lowest BCUT2D eigenvalue weighted by atomic mass is 10.2. The first kappa shape index (κ1) is 15.2. The van der Waals surface area contributed by atoms with Crippen LogP contribution in [0.5, 0.6) is 0 Å². The second kappa shape index (κ2) is 8.37. The van der Waals surface area contributed by atoms with Crippen molar-refractivity contribution in [2.45, 2.75) is 6.92 Å². The van der Waals surface area contributed by atoms with Gasteiger partial charge in [-0.2, -0.15) is 0 Å². The van der Waals surface area contributed by atoms with Gasteiger partial charge in [-0.05, 0) is 19.1 Å². The van der Waals surface area contributed by atoms with Crippen molar-refractivity contribution in [1.82, 2.24) is 0 Å². The van der Waals surface area contributed by atoms with Gasteiger partial charge in [0.15, 0.2) is 0 Å². The first-order valence-electron chi connectivity index (χ1n) is 4.64. The predicted octanol–water partition coefficient (Wildman–Crippen LogP) is 2.05. The van der Waals surface area contributed by atoms with Crippen LogP contribution in [0.15, 0.2) is 24.3 Å². The molecule has 94 valence electrons. The van der Waals surface area contributed by atoms with Crippen LogP contribution in [0.25, 0.3) is 0 Å². The molecule has 7 heteroatoms. The maximum Gasteiger partial charge on any atom is 0.403 e. The quantitative estimate of drug-likeness (QED) is 0.437. The fraction of sp³-hybridized carbons (Fsp3) is 0.200. The van der Waals surface area contributed by atoms with Gasteiger partial charge in [-0.15, -0.1) is 0 Å². The summed E-state index contributed by atoms with van der Waals surface area (Å²) in [5, 5.41) is 8.60. The van der Waals surface area contributed by atoms with E-state index in [-0.39, 0.29) is 5.56 Å². The molecule has 0 amide bonds. The molecule has 0 unspecified atom stereocenters. The van der Waals surface area contributed by atoms with E-state index < -0.39 is 11.4 Å². The zero-order chi connectivity index (χ0) is 13.3. The number of carboxylic acid groups (broad SMARTS) is 1. The standard InChI is InChI=1S/C7H8N2O2.C3H5ClO2/c8-9-6-4-2-1-3-5(6)7(10)11;1-2-6-3(4)5/h1-4,9H,8H2,(H,10,11);2H2,1H3. The molecule has 0 aliphatic heterocycles. The van der Waals surface area contributed by atoms with Crippen LogP contribution < -0.4 is 11.3 Å². The first-order chi connectivity index (χ1) is 8.02. The number of carboxylic acids is 1. The Labute approximate surface area is 103 Å². The highest BCUT2D eigenvalue weighted by Gasteiger charge is 2.06. The van der Waals surface area contributed by atoms with Crippen LogP contribution in [0.3, 0.4) is 0 Å². The number of carbonyl (C=O) groups is 2. The van der Waals surface area contributed by atoms with Crippen molar-refractivity contribution in [2.75, 3.05) is 12.0 Å². The van der Waals surface area contributed by atoms with E-state index in [1.54, 1.807) is 25.1 Å². The summed E-state index contributed by atoms with van der Waals surface area (Å²) < 4.78 is 4.17. The van der Waals surface area contributed by atoms with Crippen molar-refractivity contribution in [2.24, 2.45) is 5.84 Å². The monoisotopic (exact) mass is 260 g/mol. The number of para-hydroxylation sites is 1. The van der Waals surface area contributed by atoms with Gasteiger partial charge in [-0.25, -0.2) is 9.59 Å². The van der Waals surface area contributed by atoms with E-state index in [0.717, 1.165) is 0 Å². The van der Waals surface area contributed by atoms with E-state index in [1.807, 2.05) is 0 Å². The lowest BCUT2D eigenvalue weighted by Crippen LogP contribution is -2.11. The predicted molar refractivity (Wildman–Crippen MR) is 64.1 cm³/mol. The topological polar surface area (TPSA) is 102 Å². The molecule has 6 nitrogen and oxygen atoms in total. The summed E-state index contributed by atoms with van der Waals surface area (Å²) in [5.74, 6) is 4.09. The Morgan fingerprint density at radius 3 is 2.35 bits per heavy atom. The van der Waals surface area contributed by atoms with Crippen LogP contribution >= 0.6 is 11.6 Å². The molecule has 0 saturated heterocycles. The lowest BCUT2D eigenvalue weighted by molar-refractivity contribution is 0.0698. The third-order valence-corrected chi connectivity index (χ3v) is 1.68. The third-order valence-electron chi connectivity index (χ3n) is 1.57. The normalized spacial score (nSPS) is 8.65. The number of hydrogen-bond acceptors (Lipinski definition) is 5. The van der Waals surface area contributed by atoms with Crippen molar-refractivity contribution in [3.63, 3.8) is 0 Å². The van der Waals surface area contributed by atoms with E-state index in [0.29, 0.717) is 12.3 Å². The molecule has 0 aromatic heterocycles. The molecule has 17 heavy (non-hydrogen) atoms. The highest BCUT2D eigenvalue weighted by atomic mass is 35.5. The Balaban J connectivity index is 0.000000366. The molecular weight excluding hydrogens is 248 g/mol. The maximum atomic E-state index is 10.5. The van der Waals surface area contributed by atoms with Gasteiger partial charge in [-0.3, -0.25) is 5.84 Å². The van der Waals surface area contributed by atoms with Crippen molar-refractivity contribution in [1.29, 1.82) is 0 Å². The Bertz CT molecular complexity index is 384. The van der Waals surface area contributed by atoms with Crippen LogP contribution in [-0.4, -0.2) is 23.1 Å². The van der Waals surface area contributed by atoms with E-state index in [4.69, 9.17) is 22.6 Å². The number of rotatable bonds is 3. The summed E-state index contributed by atoms with van der Waals surface area (Å²) in [5.41, 5.74) is 2.15. The van der Waals surface area contributed by atoms with Crippen LogP contribution in [0.2, 0.25) is 0 Å². The number of hydrogen-bond donors (Lipinski definition) is 3. The van der Waals surface area contributed by atoms with Crippen molar-refractivity contribution < 1.29 is 19.4 Å². The molecule has 0 radical (unpaired) electrons. The number of nitrogen functional groups attached to an aromatic ring is 1. The zero-order valence-corrected chi connectivity index (χ0v) is 9.90. The molecule has 0 spiro atoms. The number of carbonyl (C=O) groups excluding carboxylic acids is 1. The number of ether oxygens (including phenoxy) is 1. The van der Waals surface area contributed by atoms with Gasteiger partial charge in [0.05, 0.1) is 17.9 Å². The second-order valence-corrected chi connectivity index (χ2v) is 2.97. The van der Waals surface area contributed by atoms with Gasteiger partial charge >= 0.3 is 11.4 Å². The Kier molecular flexibility index (Phi) is 7.49. The van der Waals surface area contributed by atoms with Crippen LogP contribution in [0.4, 0.5) is 10.5 Å². The summed E-state index contributed by atoms with van der Waals surface area (Å²) in [7, 11) is 0. The fourth-order valence-electron chi connectivity index (χ4n) is 0.909. The SMILES string of the molecule is CCOC(=O)Cl.NNc1ccccc1C(=O)O. The van der Waals surface area contributed by atoms with Gasteiger partial charge in [0.25, 0.3) is 0 Å². The average molecular weight is 261 g/mol. The summed E-state index contributed by atoms with van der Waals surface area (Å²) in [6, 6.07) is 6.44. The molecule has 0 heterocycles. The lowest BCUT2D eigenvalue weighted by Gasteiger charge is -2.02. The smallest absolute Gasteiger partial charge is 0.403 e. The summed E-state index contributed by atoms with van der Waals surface area (Å²) >= 11 is 4.72. The largest absolute Gasteiger partial charge is 0.478 e. The highest BCUT2D eigenvalue weighted by Crippen LogP contribution is 2.12. The molecule has 0 aliphatic carbocycles. The molecule has 1 aromatic carbocycles. The number of anilines is 1. The second-order valence-electron chi connectivity index (χ2n) is 2.67. The molecule has 0 fully saturated rings. The minimum Gasteiger partial charge on any atom is -0.478 e. The summed E-state index contributed by atoms with van der Waals surface area (Å²) in [6.07, 6.45) is 0. The van der Waals surface area contributed by atoms with Crippen molar-refractivity contribution >= 4 is 28.7 Å². The van der Waals surface area contributed by atoms with Gasteiger partial charge in [0.2, 0.25) is 0 Å². The summed E-state index contributed by atoms with van der Waals surface area (Å²) in [4.78, 5) is 20.1. The van der Waals surface area contributed by atoms with Gasteiger partial charge in [0, 0.05) is 11.6 Å². The van der Waals surface area contributed by atoms with E-state index >= 15 is 0 Å². The Morgan fingerprint density at radius 2 is 2.06 bits per heavy atom. The minimum atomic E-state index is -0.987. The summed E-state index contributed by atoms with van der Waals surface area (Å²) in [6.45, 7) is 2.04. The fourth-order valence-corrected chi connectivity index (χ4v) is 1.02. The average Bonchev–Trinajstić information content (AvgIpc) is 2.29. The molecule has 4 N–H and O–H groups in total. The van der Waals surface area contributed by atoms with Crippen molar-refractivity contribution in [3.8, 4) is 0 Å². The van der Waals surface area contributed by atoms with Crippen LogP contribution in [0.1, 0.15) is 17.3 Å². The number of nitrogens with one attached hydrogen (secondary N) is 1. The van der Waals surface area contributed by atoms with Gasteiger partial charge in [0.1, 0.15) is 0 Å². The number of aromatic carboxylic acids is 1. The molecular formula is C10H13ClN2O4. The number of benzene rings is 1. The van der Waals surface area contributed by atoms with Gasteiger partial charge < -0.3 is 15.3 Å². The zero-order valence-electron chi connectivity index (χ0n) is 9.14. The molecule has 0 bridgehead atoms. The maximum absolute atomic E-state index is 10.5. The van der Waals surface area contributed by atoms with Gasteiger partial charge in [-0.1, -0.05) is 12.1 Å². The molecule has 1 rings (SSSR count). The van der Waals surface area contributed by atoms with Crippen LogP contribution in [0, 0.1) is 0 Å². The van der Waals surface area contributed by atoms with Crippen LogP contribution in [-0.2, 0) is 4.74 Å². The highest BCUT2D eigenvalue weighted by molar-refractivity contribution is 6.61. The Morgan fingerprint density at radius 1 is 1.47 bits per heavy atom. The molecule has 0 atom stereocenters. The first-order valence-corrected chi connectivity index (χ1v) is 5.01. The third kappa shape index (κ3) is 6.39. The van der Waals surface area contributed by atoms with Crippen molar-refractivity contribution in [3.05, 3.63) is 29.8 Å². The Hall–Kier alpha value is -1.79. The molecule has 1 aromatic rings. The van der Waals surface area contributed by atoms with E-state index in [9.17, 15) is 9.59 Å². The minimum absolute atomic E-state index is 0.176. The van der Waals surface area contributed by atoms with E-state index in [2.05, 4.69) is 10.2 Å². The van der Waals surface area contributed by atoms with E-state index in [1.165, 1.54) is 6.07 Å². The molecule has 0 saturated carbocycles. The number of halogens is 1. The number of hydrazine groups is 1. The molecule has 0 aliphatic rings. The number of nitrogens with two attached hydrogens (primary N) is 1.